The fourth-order valence-electron chi connectivity index (χ4n) is 2.68. The Hall–Kier alpha value is -0.170. The predicted octanol–water partition coefficient (Wildman–Crippen LogP) is 1.26. The molecule has 0 aromatic rings. The standard InChI is InChI=1S/C12H24N2O3S/c1-11-6-2-4-8-14(11)18(15,16)13-10-12-7-3-5-9-17-12/h11-13H,2-10H2,1H3. The summed E-state index contributed by atoms with van der Waals surface area (Å²) in [7, 11) is -3.33. The van der Waals surface area contributed by atoms with E-state index in [1.807, 2.05) is 6.92 Å². The average Bonchev–Trinajstić information content (AvgIpc) is 2.38. The molecule has 18 heavy (non-hydrogen) atoms. The van der Waals surface area contributed by atoms with E-state index < -0.39 is 10.2 Å². The lowest BCUT2D eigenvalue weighted by Gasteiger charge is -2.33. The van der Waals surface area contributed by atoms with Crippen LogP contribution in [-0.4, -0.2) is 44.6 Å². The molecule has 0 aromatic carbocycles. The second-order valence-corrected chi connectivity index (χ2v) is 7.01. The Balaban J connectivity index is 1.85. The zero-order chi connectivity index (χ0) is 13.0. The number of piperidine rings is 1. The van der Waals surface area contributed by atoms with Gasteiger partial charge in [-0.1, -0.05) is 6.42 Å². The minimum absolute atomic E-state index is 0.0496. The summed E-state index contributed by atoms with van der Waals surface area (Å²) in [6, 6.07) is 0.114. The molecule has 0 aromatic heterocycles. The molecule has 0 saturated carbocycles. The van der Waals surface area contributed by atoms with Crippen LogP contribution in [-0.2, 0) is 14.9 Å². The monoisotopic (exact) mass is 276 g/mol. The van der Waals surface area contributed by atoms with Crippen molar-refractivity contribution >= 4 is 10.2 Å². The zero-order valence-corrected chi connectivity index (χ0v) is 11.9. The van der Waals surface area contributed by atoms with E-state index in [4.69, 9.17) is 4.74 Å². The van der Waals surface area contributed by atoms with E-state index in [2.05, 4.69) is 4.72 Å². The molecule has 0 amide bonds. The molecule has 2 fully saturated rings. The van der Waals surface area contributed by atoms with E-state index in [1.165, 1.54) is 0 Å². The van der Waals surface area contributed by atoms with Gasteiger partial charge >= 0.3 is 0 Å². The smallest absolute Gasteiger partial charge is 0.279 e. The Morgan fingerprint density at radius 3 is 2.67 bits per heavy atom. The van der Waals surface area contributed by atoms with Crippen molar-refractivity contribution in [3.05, 3.63) is 0 Å². The summed E-state index contributed by atoms with van der Waals surface area (Å²) >= 11 is 0. The van der Waals surface area contributed by atoms with Crippen LogP contribution in [0.1, 0.15) is 45.4 Å². The molecule has 106 valence electrons. The van der Waals surface area contributed by atoms with Crippen molar-refractivity contribution in [3.63, 3.8) is 0 Å². The lowest BCUT2D eigenvalue weighted by Crippen LogP contribution is -2.49. The van der Waals surface area contributed by atoms with Gasteiger partial charge in [0.1, 0.15) is 0 Å². The summed E-state index contributed by atoms with van der Waals surface area (Å²) in [4.78, 5) is 0. The van der Waals surface area contributed by atoms with Gasteiger partial charge in [0.2, 0.25) is 0 Å². The third-order valence-corrected chi connectivity index (χ3v) is 5.51. The summed E-state index contributed by atoms with van der Waals surface area (Å²) < 4.78 is 34.2. The van der Waals surface area contributed by atoms with Crippen LogP contribution in [0.3, 0.4) is 0 Å². The summed E-state index contributed by atoms with van der Waals surface area (Å²) in [6.45, 7) is 3.79. The number of nitrogens with one attached hydrogen (secondary N) is 1. The normalized spacial score (nSPS) is 31.4. The number of rotatable bonds is 4. The molecule has 2 rings (SSSR count). The van der Waals surface area contributed by atoms with E-state index in [0.29, 0.717) is 13.1 Å². The van der Waals surface area contributed by atoms with Gasteiger partial charge in [-0.15, -0.1) is 0 Å². The van der Waals surface area contributed by atoms with Crippen LogP contribution < -0.4 is 4.72 Å². The Labute approximate surface area is 110 Å². The lowest BCUT2D eigenvalue weighted by atomic mass is 10.1. The second-order valence-electron chi connectivity index (χ2n) is 5.30. The van der Waals surface area contributed by atoms with Crippen LogP contribution in [0.15, 0.2) is 0 Å². The third kappa shape index (κ3) is 3.66. The van der Waals surface area contributed by atoms with Gasteiger partial charge in [0.05, 0.1) is 6.10 Å². The first-order valence-corrected chi connectivity index (χ1v) is 8.41. The summed E-state index contributed by atoms with van der Waals surface area (Å²) in [5, 5.41) is 0. The van der Waals surface area contributed by atoms with Crippen LogP contribution in [0.5, 0.6) is 0 Å². The summed E-state index contributed by atoms with van der Waals surface area (Å²) in [5.74, 6) is 0. The molecule has 2 unspecified atom stereocenters. The van der Waals surface area contributed by atoms with Gasteiger partial charge in [-0.3, -0.25) is 0 Å². The van der Waals surface area contributed by atoms with Gasteiger partial charge in [-0.05, 0) is 39.0 Å². The van der Waals surface area contributed by atoms with Gasteiger partial charge in [-0.25, -0.2) is 0 Å². The fraction of sp³-hybridized carbons (Fsp3) is 1.00. The maximum atomic E-state index is 12.2. The molecule has 0 radical (unpaired) electrons. The Bertz CT molecular complexity index is 352. The molecule has 0 aliphatic carbocycles. The quantitative estimate of drug-likeness (QED) is 0.841. The van der Waals surface area contributed by atoms with Gasteiger partial charge in [0.15, 0.2) is 0 Å². The molecule has 5 nitrogen and oxygen atoms in total. The van der Waals surface area contributed by atoms with Gasteiger partial charge < -0.3 is 4.74 Å². The van der Waals surface area contributed by atoms with Gasteiger partial charge in [-0.2, -0.15) is 17.4 Å². The van der Waals surface area contributed by atoms with E-state index >= 15 is 0 Å². The molecule has 2 aliphatic rings. The molecule has 2 atom stereocenters. The van der Waals surface area contributed by atoms with Crippen molar-refractivity contribution in [2.45, 2.75) is 57.6 Å². The molecular weight excluding hydrogens is 252 g/mol. The fourth-order valence-corrected chi connectivity index (χ4v) is 4.19. The lowest BCUT2D eigenvalue weighted by molar-refractivity contribution is 0.0197. The Morgan fingerprint density at radius 2 is 2.00 bits per heavy atom. The highest BCUT2D eigenvalue weighted by molar-refractivity contribution is 7.87. The van der Waals surface area contributed by atoms with Crippen LogP contribution in [0.2, 0.25) is 0 Å². The summed E-state index contributed by atoms with van der Waals surface area (Å²) in [6.07, 6.45) is 6.27. The van der Waals surface area contributed by atoms with E-state index in [9.17, 15) is 8.42 Å². The van der Waals surface area contributed by atoms with Crippen LogP contribution in [0.4, 0.5) is 0 Å². The number of hydrogen-bond donors (Lipinski definition) is 1. The summed E-state index contributed by atoms with van der Waals surface area (Å²) in [5.41, 5.74) is 0. The average molecular weight is 276 g/mol. The van der Waals surface area contributed by atoms with Crippen molar-refractivity contribution in [2.24, 2.45) is 0 Å². The van der Waals surface area contributed by atoms with E-state index in [-0.39, 0.29) is 12.1 Å². The van der Waals surface area contributed by atoms with Gasteiger partial charge in [0.25, 0.3) is 10.2 Å². The first-order valence-electron chi connectivity index (χ1n) is 6.97. The van der Waals surface area contributed by atoms with Crippen molar-refractivity contribution in [1.82, 2.24) is 9.03 Å². The number of hydrogen-bond acceptors (Lipinski definition) is 3. The molecular formula is C12H24N2O3S. The van der Waals surface area contributed by atoms with Crippen molar-refractivity contribution < 1.29 is 13.2 Å². The van der Waals surface area contributed by atoms with Crippen LogP contribution in [0, 0.1) is 0 Å². The SMILES string of the molecule is CC1CCCCN1S(=O)(=O)NCC1CCCCO1. The molecule has 2 saturated heterocycles. The Kier molecular flexibility index (Phi) is 5.00. The van der Waals surface area contributed by atoms with E-state index in [1.54, 1.807) is 4.31 Å². The molecule has 0 spiro atoms. The highest BCUT2D eigenvalue weighted by atomic mass is 32.2. The maximum Gasteiger partial charge on any atom is 0.279 e. The molecule has 0 bridgehead atoms. The topological polar surface area (TPSA) is 58.6 Å². The molecule has 2 heterocycles. The predicted molar refractivity (Wildman–Crippen MR) is 70.5 cm³/mol. The Morgan fingerprint density at radius 1 is 1.22 bits per heavy atom. The molecule has 1 N–H and O–H groups in total. The number of ether oxygens (including phenoxy) is 1. The largest absolute Gasteiger partial charge is 0.377 e. The highest BCUT2D eigenvalue weighted by Gasteiger charge is 2.29. The maximum absolute atomic E-state index is 12.2. The van der Waals surface area contributed by atoms with Crippen molar-refractivity contribution in [1.29, 1.82) is 0 Å². The van der Waals surface area contributed by atoms with Crippen LogP contribution in [0.25, 0.3) is 0 Å². The molecule has 6 heteroatoms. The van der Waals surface area contributed by atoms with Gasteiger partial charge in [0, 0.05) is 25.7 Å². The highest BCUT2D eigenvalue weighted by Crippen LogP contribution is 2.19. The van der Waals surface area contributed by atoms with Crippen molar-refractivity contribution in [2.75, 3.05) is 19.7 Å². The third-order valence-electron chi connectivity index (χ3n) is 3.82. The second kappa shape index (κ2) is 6.32. The zero-order valence-electron chi connectivity index (χ0n) is 11.1. The first-order chi connectivity index (χ1) is 8.59. The minimum atomic E-state index is -3.33. The molecule has 2 aliphatic heterocycles. The first kappa shape index (κ1) is 14.2. The number of nitrogens with zero attached hydrogens (tertiary/aromatic N) is 1. The van der Waals surface area contributed by atoms with Crippen molar-refractivity contribution in [3.8, 4) is 0 Å². The van der Waals surface area contributed by atoms with E-state index in [0.717, 1.165) is 45.1 Å². The van der Waals surface area contributed by atoms with Crippen LogP contribution >= 0.6 is 0 Å². The minimum Gasteiger partial charge on any atom is -0.377 e.